The SMILES string of the molecule is Cc1nn(C)c(N2CC(=O)NC(=O)C2)c1C=CC(=O)O. The zero-order valence-corrected chi connectivity index (χ0v) is 11.1. The fraction of sp³-hybridized carbons (Fsp3) is 0.333. The van der Waals surface area contributed by atoms with Crippen molar-refractivity contribution in [3.8, 4) is 0 Å². The topological polar surface area (TPSA) is 105 Å². The largest absolute Gasteiger partial charge is 0.478 e. The van der Waals surface area contributed by atoms with Crippen LogP contribution >= 0.6 is 0 Å². The number of aromatic nitrogens is 2. The molecule has 8 nitrogen and oxygen atoms in total. The highest BCUT2D eigenvalue weighted by atomic mass is 16.4. The summed E-state index contributed by atoms with van der Waals surface area (Å²) in [7, 11) is 1.68. The summed E-state index contributed by atoms with van der Waals surface area (Å²) in [6, 6.07) is 0. The average molecular weight is 278 g/mol. The summed E-state index contributed by atoms with van der Waals surface area (Å²) in [5, 5.41) is 15.1. The number of hydrogen-bond donors (Lipinski definition) is 2. The number of imide groups is 1. The quantitative estimate of drug-likeness (QED) is 0.559. The number of hydrogen-bond acceptors (Lipinski definition) is 5. The van der Waals surface area contributed by atoms with Crippen LogP contribution in [0.1, 0.15) is 11.3 Å². The number of nitrogens with zero attached hydrogens (tertiary/aromatic N) is 3. The Bertz CT molecular complexity index is 601. The summed E-state index contributed by atoms with van der Waals surface area (Å²) in [6.07, 6.45) is 2.41. The molecule has 1 saturated heterocycles. The predicted molar refractivity (Wildman–Crippen MR) is 70.0 cm³/mol. The molecule has 8 heteroatoms. The van der Waals surface area contributed by atoms with Crippen molar-refractivity contribution < 1.29 is 19.5 Å². The number of carbonyl (C=O) groups is 3. The highest BCUT2D eigenvalue weighted by molar-refractivity contribution is 6.03. The molecule has 1 aromatic heterocycles. The monoisotopic (exact) mass is 278 g/mol. The van der Waals surface area contributed by atoms with Crippen LogP contribution in [-0.4, -0.2) is 45.8 Å². The molecule has 1 fully saturated rings. The lowest BCUT2D eigenvalue weighted by Gasteiger charge is -2.27. The van der Waals surface area contributed by atoms with Gasteiger partial charge in [0.2, 0.25) is 11.8 Å². The molecule has 2 amide bonds. The second-order valence-corrected chi connectivity index (χ2v) is 4.45. The summed E-state index contributed by atoms with van der Waals surface area (Å²) < 4.78 is 1.53. The molecular weight excluding hydrogens is 264 g/mol. The van der Waals surface area contributed by atoms with Crippen molar-refractivity contribution in [2.75, 3.05) is 18.0 Å². The molecule has 106 valence electrons. The van der Waals surface area contributed by atoms with Crippen LogP contribution in [0.3, 0.4) is 0 Å². The Hall–Kier alpha value is -2.64. The predicted octanol–water partition coefficient (Wildman–Crippen LogP) is -0.711. The van der Waals surface area contributed by atoms with Crippen LogP contribution in [-0.2, 0) is 21.4 Å². The van der Waals surface area contributed by atoms with E-state index in [2.05, 4.69) is 10.4 Å². The first-order valence-corrected chi connectivity index (χ1v) is 5.90. The average Bonchev–Trinajstić information content (AvgIpc) is 2.59. The number of carbonyl (C=O) groups excluding carboxylic acids is 2. The molecule has 0 aliphatic carbocycles. The number of amides is 2. The van der Waals surface area contributed by atoms with E-state index in [0.29, 0.717) is 17.1 Å². The van der Waals surface area contributed by atoms with Crippen molar-refractivity contribution in [1.29, 1.82) is 0 Å². The van der Waals surface area contributed by atoms with Gasteiger partial charge in [-0.25, -0.2) is 4.79 Å². The molecular formula is C12H14N4O4. The molecule has 1 aliphatic heterocycles. The van der Waals surface area contributed by atoms with E-state index in [1.165, 1.54) is 10.8 Å². The Balaban J connectivity index is 2.42. The van der Waals surface area contributed by atoms with Crippen molar-refractivity contribution in [2.45, 2.75) is 6.92 Å². The van der Waals surface area contributed by atoms with Gasteiger partial charge in [0, 0.05) is 18.7 Å². The van der Waals surface area contributed by atoms with E-state index >= 15 is 0 Å². The number of aryl methyl sites for hydroxylation is 2. The number of anilines is 1. The van der Waals surface area contributed by atoms with Crippen molar-refractivity contribution in [2.24, 2.45) is 7.05 Å². The van der Waals surface area contributed by atoms with Gasteiger partial charge in [-0.15, -0.1) is 0 Å². The first-order valence-electron chi connectivity index (χ1n) is 5.90. The maximum absolute atomic E-state index is 11.4. The van der Waals surface area contributed by atoms with Crippen LogP contribution in [0.5, 0.6) is 0 Å². The number of nitrogens with one attached hydrogen (secondary N) is 1. The van der Waals surface area contributed by atoms with E-state index in [1.807, 2.05) is 0 Å². The summed E-state index contributed by atoms with van der Waals surface area (Å²) in [6.45, 7) is 1.79. The van der Waals surface area contributed by atoms with Crippen LogP contribution in [0.25, 0.3) is 6.08 Å². The number of carboxylic acid groups (broad SMARTS) is 1. The van der Waals surface area contributed by atoms with Crippen LogP contribution in [0.4, 0.5) is 5.82 Å². The number of piperazine rings is 1. The Kier molecular flexibility index (Phi) is 3.55. The van der Waals surface area contributed by atoms with Crippen molar-refractivity contribution >= 4 is 29.7 Å². The van der Waals surface area contributed by atoms with Crippen molar-refractivity contribution in [3.63, 3.8) is 0 Å². The number of aliphatic carboxylic acids is 1. The summed E-state index contributed by atoms with van der Waals surface area (Å²) in [5.74, 6) is -1.32. The molecule has 1 aliphatic rings. The van der Waals surface area contributed by atoms with E-state index in [4.69, 9.17) is 5.11 Å². The fourth-order valence-corrected chi connectivity index (χ4v) is 2.17. The minimum atomic E-state index is -1.08. The van der Waals surface area contributed by atoms with E-state index in [-0.39, 0.29) is 13.1 Å². The standard InChI is InChI=1S/C12H14N4O4/c1-7-8(3-4-11(19)20)12(15(2)14-7)16-5-9(17)13-10(18)6-16/h3-4H,5-6H2,1-2H3,(H,19,20)(H,13,17,18). The molecule has 1 aromatic rings. The minimum Gasteiger partial charge on any atom is -0.478 e. The van der Waals surface area contributed by atoms with E-state index in [9.17, 15) is 14.4 Å². The number of carboxylic acids is 1. The molecule has 0 saturated carbocycles. The molecule has 2 N–H and O–H groups in total. The lowest BCUT2D eigenvalue weighted by Crippen LogP contribution is -2.52. The Morgan fingerprint density at radius 3 is 2.50 bits per heavy atom. The fourth-order valence-electron chi connectivity index (χ4n) is 2.17. The van der Waals surface area contributed by atoms with Gasteiger partial charge in [-0.2, -0.15) is 5.10 Å². The van der Waals surface area contributed by atoms with Crippen LogP contribution in [0.15, 0.2) is 6.08 Å². The third kappa shape index (κ3) is 2.68. The van der Waals surface area contributed by atoms with Gasteiger partial charge in [-0.1, -0.05) is 0 Å². The van der Waals surface area contributed by atoms with Crippen LogP contribution < -0.4 is 10.2 Å². The van der Waals surface area contributed by atoms with Gasteiger partial charge >= 0.3 is 5.97 Å². The van der Waals surface area contributed by atoms with E-state index < -0.39 is 17.8 Å². The van der Waals surface area contributed by atoms with E-state index in [0.717, 1.165) is 6.08 Å². The third-order valence-corrected chi connectivity index (χ3v) is 2.88. The number of rotatable bonds is 3. The minimum absolute atomic E-state index is 0.0264. The summed E-state index contributed by atoms with van der Waals surface area (Å²) >= 11 is 0. The van der Waals surface area contributed by atoms with Gasteiger partial charge in [-0.05, 0) is 13.0 Å². The van der Waals surface area contributed by atoms with Gasteiger partial charge in [0.25, 0.3) is 0 Å². The molecule has 0 bridgehead atoms. The second kappa shape index (κ2) is 5.16. The second-order valence-electron chi connectivity index (χ2n) is 4.45. The third-order valence-electron chi connectivity index (χ3n) is 2.88. The van der Waals surface area contributed by atoms with Crippen molar-refractivity contribution in [1.82, 2.24) is 15.1 Å². The first kappa shape index (κ1) is 13.8. The van der Waals surface area contributed by atoms with Gasteiger partial charge in [0.15, 0.2) is 0 Å². The molecule has 2 heterocycles. The smallest absolute Gasteiger partial charge is 0.328 e. The Morgan fingerprint density at radius 2 is 1.95 bits per heavy atom. The lowest BCUT2D eigenvalue weighted by molar-refractivity contribution is -0.132. The van der Waals surface area contributed by atoms with Crippen molar-refractivity contribution in [3.05, 3.63) is 17.3 Å². The van der Waals surface area contributed by atoms with Crippen LogP contribution in [0, 0.1) is 6.92 Å². The normalized spacial score (nSPS) is 15.8. The maximum Gasteiger partial charge on any atom is 0.328 e. The Labute approximate surface area is 114 Å². The zero-order valence-electron chi connectivity index (χ0n) is 11.1. The molecule has 2 rings (SSSR count). The lowest BCUT2D eigenvalue weighted by atomic mass is 10.2. The molecule has 0 spiro atoms. The summed E-state index contributed by atoms with van der Waals surface area (Å²) in [4.78, 5) is 35.1. The molecule has 0 aromatic carbocycles. The van der Waals surface area contributed by atoms with Gasteiger partial charge in [-0.3, -0.25) is 19.6 Å². The highest BCUT2D eigenvalue weighted by Crippen LogP contribution is 2.25. The van der Waals surface area contributed by atoms with Gasteiger partial charge < -0.3 is 10.0 Å². The molecule has 0 radical (unpaired) electrons. The van der Waals surface area contributed by atoms with Gasteiger partial charge in [0.05, 0.1) is 18.8 Å². The Morgan fingerprint density at radius 1 is 1.35 bits per heavy atom. The summed E-state index contributed by atoms with van der Waals surface area (Å²) in [5.41, 5.74) is 1.20. The molecule has 0 unspecified atom stereocenters. The highest BCUT2D eigenvalue weighted by Gasteiger charge is 2.27. The maximum atomic E-state index is 11.4. The van der Waals surface area contributed by atoms with Crippen LogP contribution in [0.2, 0.25) is 0 Å². The molecule has 0 atom stereocenters. The van der Waals surface area contributed by atoms with Gasteiger partial charge in [0.1, 0.15) is 5.82 Å². The molecule has 20 heavy (non-hydrogen) atoms. The van der Waals surface area contributed by atoms with E-state index in [1.54, 1.807) is 18.9 Å². The zero-order chi connectivity index (χ0) is 14.9. The first-order chi connectivity index (χ1) is 9.38.